The predicted octanol–water partition coefficient (Wildman–Crippen LogP) is 3.20. The van der Waals surface area contributed by atoms with Crippen LogP contribution in [0, 0.1) is 20.8 Å². The normalized spacial score (nSPS) is 14.7. The number of nitrogens with zero attached hydrogens (tertiary/aromatic N) is 5. The molecule has 1 aliphatic rings. The van der Waals surface area contributed by atoms with Crippen LogP contribution < -0.4 is 10.2 Å². The van der Waals surface area contributed by atoms with Gasteiger partial charge in [-0.25, -0.2) is 4.68 Å². The second-order valence-corrected chi connectivity index (χ2v) is 8.02. The van der Waals surface area contributed by atoms with Gasteiger partial charge in [0.05, 0.1) is 11.4 Å². The van der Waals surface area contributed by atoms with Gasteiger partial charge in [0.2, 0.25) is 0 Å². The Labute approximate surface area is 177 Å². The highest BCUT2D eigenvalue weighted by Gasteiger charge is 2.19. The molecule has 156 valence electrons. The molecule has 0 bridgehead atoms. The van der Waals surface area contributed by atoms with Gasteiger partial charge >= 0.3 is 0 Å². The lowest BCUT2D eigenvalue weighted by molar-refractivity contribution is 0.102. The number of likely N-dealkylation sites (N-methyl/N-ethyl adjacent to an activating group) is 1. The van der Waals surface area contributed by atoms with E-state index >= 15 is 0 Å². The minimum atomic E-state index is -0.253. The Bertz CT molecular complexity index is 1050. The van der Waals surface area contributed by atoms with Crippen LogP contribution in [0.25, 0.3) is 5.69 Å². The Kier molecular flexibility index (Phi) is 5.55. The number of rotatable bonds is 4. The van der Waals surface area contributed by atoms with E-state index in [2.05, 4.69) is 56.7 Å². The van der Waals surface area contributed by atoms with Gasteiger partial charge in [-0.1, -0.05) is 17.3 Å². The first-order valence-corrected chi connectivity index (χ1v) is 10.3. The highest BCUT2D eigenvalue weighted by Crippen LogP contribution is 2.21. The third kappa shape index (κ3) is 4.07. The number of anilines is 2. The molecule has 1 aromatic heterocycles. The first-order chi connectivity index (χ1) is 14.4. The highest BCUT2D eigenvalue weighted by molar-refractivity contribution is 6.03. The Morgan fingerprint density at radius 2 is 1.67 bits per heavy atom. The van der Waals surface area contributed by atoms with Crippen molar-refractivity contribution in [2.45, 2.75) is 20.8 Å². The van der Waals surface area contributed by atoms with E-state index in [0.717, 1.165) is 54.4 Å². The molecule has 1 N–H and O–H groups in total. The van der Waals surface area contributed by atoms with Crippen molar-refractivity contribution >= 4 is 17.3 Å². The van der Waals surface area contributed by atoms with E-state index in [-0.39, 0.29) is 5.91 Å². The zero-order valence-electron chi connectivity index (χ0n) is 18.0. The Balaban J connectivity index is 1.48. The van der Waals surface area contributed by atoms with Crippen molar-refractivity contribution in [3.05, 3.63) is 65.0 Å². The van der Waals surface area contributed by atoms with Crippen molar-refractivity contribution in [2.24, 2.45) is 0 Å². The quantitative estimate of drug-likeness (QED) is 0.723. The van der Waals surface area contributed by atoms with Crippen LogP contribution >= 0.6 is 0 Å². The SMILES string of the molecule is Cc1ccc(C)c(-n2nnc(C(=O)Nc3ccc(N4CCN(C)CC4)cc3)c2C)c1. The number of hydrogen-bond donors (Lipinski definition) is 1. The van der Waals surface area contributed by atoms with E-state index in [0.29, 0.717) is 5.69 Å². The lowest BCUT2D eigenvalue weighted by Gasteiger charge is -2.34. The molecule has 4 rings (SSSR count). The van der Waals surface area contributed by atoms with Crippen molar-refractivity contribution in [3.8, 4) is 5.69 Å². The number of hydrogen-bond acceptors (Lipinski definition) is 5. The third-order valence-electron chi connectivity index (χ3n) is 5.70. The fourth-order valence-electron chi connectivity index (χ4n) is 3.73. The van der Waals surface area contributed by atoms with E-state index in [1.165, 1.54) is 5.69 Å². The number of carbonyl (C=O) groups excluding carboxylic acids is 1. The molecular weight excluding hydrogens is 376 g/mol. The van der Waals surface area contributed by atoms with Crippen LogP contribution in [0.15, 0.2) is 42.5 Å². The van der Waals surface area contributed by atoms with Gasteiger partial charge in [0.15, 0.2) is 5.69 Å². The van der Waals surface area contributed by atoms with Gasteiger partial charge in [0, 0.05) is 37.6 Å². The number of piperazine rings is 1. The summed E-state index contributed by atoms with van der Waals surface area (Å²) in [5.41, 5.74) is 6.14. The van der Waals surface area contributed by atoms with Gasteiger partial charge in [-0.3, -0.25) is 4.79 Å². The molecule has 7 heteroatoms. The zero-order chi connectivity index (χ0) is 21.3. The molecule has 7 nitrogen and oxygen atoms in total. The minimum Gasteiger partial charge on any atom is -0.369 e. The molecule has 2 heterocycles. The third-order valence-corrected chi connectivity index (χ3v) is 5.70. The fraction of sp³-hybridized carbons (Fsp3) is 0.348. The monoisotopic (exact) mass is 404 g/mol. The van der Waals surface area contributed by atoms with Crippen molar-refractivity contribution in [1.82, 2.24) is 19.9 Å². The van der Waals surface area contributed by atoms with E-state index in [1.807, 2.05) is 39.0 Å². The molecule has 1 saturated heterocycles. The van der Waals surface area contributed by atoms with E-state index < -0.39 is 0 Å². The maximum absolute atomic E-state index is 12.8. The topological polar surface area (TPSA) is 66.3 Å². The summed E-state index contributed by atoms with van der Waals surface area (Å²) in [5.74, 6) is -0.253. The molecule has 3 aromatic rings. The van der Waals surface area contributed by atoms with Crippen molar-refractivity contribution in [1.29, 1.82) is 0 Å². The van der Waals surface area contributed by atoms with Crippen LogP contribution in [0.5, 0.6) is 0 Å². The molecule has 1 fully saturated rings. The summed E-state index contributed by atoms with van der Waals surface area (Å²) < 4.78 is 1.73. The van der Waals surface area contributed by atoms with Crippen LogP contribution in [0.2, 0.25) is 0 Å². The van der Waals surface area contributed by atoms with Crippen molar-refractivity contribution in [2.75, 3.05) is 43.4 Å². The summed E-state index contributed by atoms with van der Waals surface area (Å²) in [4.78, 5) is 17.5. The average Bonchev–Trinajstić information content (AvgIpc) is 3.12. The summed E-state index contributed by atoms with van der Waals surface area (Å²) >= 11 is 0. The second kappa shape index (κ2) is 8.28. The van der Waals surface area contributed by atoms with Crippen LogP contribution in [0.1, 0.15) is 27.3 Å². The molecule has 1 amide bonds. The lowest BCUT2D eigenvalue weighted by Crippen LogP contribution is -2.44. The molecule has 0 unspecified atom stereocenters. The minimum absolute atomic E-state index is 0.253. The van der Waals surface area contributed by atoms with Gasteiger partial charge in [-0.15, -0.1) is 5.10 Å². The molecule has 0 saturated carbocycles. The molecule has 0 radical (unpaired) electrons. The van der Waals surface area contributed by atoms with E-state index in [1.54, 1.807) is 4.68 Å². The summed E-state index contributed by atoms with van der Waals surface area (Å²) in [7, 11) is 2.15. The maximum Gasteiger partial charge on any atom is 0.278 e. The van der Waals surface area contributed by atoms with Gasteiger partial charge in [0.25, 0.3) is 5.91 Å². The standard InChI is InChI=1S/C23H28N6O/c1-16-5-6-17(2)21(15-16)29-18(3)22(25-26-29)23(30)24-19-7-9-20(10-8-19)28-13-11-27(4)12-14-28/h5-10,15H,11-14H2,1-4H3,(H,24,30). The summed E-state index contributed by atoms with van der Waals surface area (Å²) in [6.07, 6.45) is 0. The summed E-state index contributed by atoms with van der Waals surface area (Å²) in [5, 5.41) is 11.3. The number of amides is 1. The van der Waals surface area contributed by atoms with Crippen LogP contribution in [-0.2, 0) is 0 Å². The number of aryl methyl sites for hydroxylation is 2. The fourth-order valence-corrected chi connectivity index (χ4v) is 3.73. The van der Waals surface area contributed by atoms with Gasteiger partial charge in [0.1, 0.15) is 0 Å². The van der Waals surface area contributed by atoms with Gasteiger partial charge in [-0.05, 0) is 69.3 Å². The van der Waals surface area contributed by atoms with Crippen LogP contribution in [0.3, 0.4) is 0 Å². The molecule has 1 aliphatic heterocycles. The first kappa shape index (κ1) is 20.1. The smallest absolute Gasteiger partial charge is 0.278 e. The average molecular weight is 405 g/mol. The largest absolute Gasteiger partial charge is 0.369 e. The van der Waals surface area contributed by atoms with E-state index in [4.69, 9.17) is 0 Å². The maximum atomic E-state index is 12.8. The molecule has 2 aromatic carbocycles. The Hall–Kier alpha value is -3.19. The zero-order valence-corrected chi connectivity index (χ0v) is 18.0. The van der Waals surface area contributed by atoms with Gasteiger partial charge in [-0.2, -0.15) is 0 Å². The second-order valence-electron chi connectivity index (χ2n) is 8.02. The number of carbonyl (C=O) groups is 1. The molecule has 30 heavy (non-hydrogen) atoms. The van der Waals surface area contributed by atoms with Crippen LogP contribution in [-0.4, -0.2) is 59.0 Å². The molecule has 0 atom stereocenters. The molecule has 0 spiro atoms. The molecule has 0 aliphatic carbocycles. The Morgan fingerprint density at radius 3 is 2.37 bits per heavy atom. The van der Waals surface area contributed by atoms with Crippen molar-refractivity contribution < 1.29 is 4.79 Å². The highest BCUT2D eigenvalue weighted by atomic mass is 16.2. The number of nitrogens with one attached hydrogen (secondary N) is 1. The number of benzene rings is 2. The predicted molar refractivity (Wildman–Crippen MR) is 120 cm³/mol. The summed E-state index contributed by atoms with van der Waals surface area (Å²) in [6, 6.07) is 14.2. The molecular formula is C23H28N6O. The lowest BCUT2D eigenvalue weighted by atomic mass is 10.1. The van der Waals surface area contributed by atoms with Crippen LogP contribution in [0.4, 0.5) is 11.4 Å². The first-order valence-electron chi connectivity index (χ1n) is 10.3. The van der Waals surface area contributed by atoms with Gasteiger partial charge < -0.3 is 15.1 Å². The van der Waals surface area contributed by atoms with E-state index in [9.17, 15) is 4.79 Å². The van der Waals surface area contributed by atoms with Crippen molar-refractivity contribution in [3.63, 3.8) is 0 Å². The summed E-state index contributed by atoms with van der Waals surface area (Å²) in [6.45, 7) is 10.1. The Morgan fingerprint density at radius 1 is 0.967 bits per heavy atom. The number of aromatic nitrogens is 3.